The molecule has 8 nitrogen and oxygen atoms in total. The molecule has 0 spiro atoms. The Labute approximate surface area is 252 Å². The first kappa shape index (κ1) is 30.0. The highest BCUT2D eigenvalue weighted by Crippen LogP contribution is 2.30. The molecule has 0 unspecified atom stereocenters. The fourth-order valence-corrected chi connectivity index (χ4v) is 5.31. The summed E-state index contributed by atoms with van der Waals surface area (Å²) < 4.78 is 12.7. The van der Waals surface area contributed by atoms with Crippen molar-refractivity contribution in [1.29, 1.82) is 0 Å². The van der Waals surface area contributed by atoms with Gasteiger partial charge >= 0.3 is 5.69 Å². The first-order chi connectivity index (χ1) is 20.9. The maximum atomic E-state index is 13.5. The van der Waals surface area contributed by atoms with Crippen molar-refractivity contribution in [3.63, 3.8) is 0 Å². The number of nitrogens with one attached hydrogen (secondary N) is 1. The lowest BCUT2D eigenvalue weighted by Crippen LogP contribution is -2.37. The number of amides is 1. The molecule has 0 bridgehead atoms. The lowest BCUT2D eigenvalue weighted by molar-refractivity contribution is -0.116. The van der Waals surface area contributed by atoms with Gasteiger partial charge in [0, 0.05) is 36.1 Å². The van der Waals surface area contributed by atoms with Gasteiger partial charge in [0.1, 0.15) is 12.4 Å². The highest BCUT2D eigenvalue weighted by atomic mass is 16.5. The van der Waals surface area contributed by atoms with E-state index in [4.69, 9.17) is 15.9 Å². The molecule has 1 fully saturated rings. The Kier molecular flexibility index (Phi) is 9.88. The second-order valence-corrected chi connectivity index (χ2v) is 11.1. The predicted molar refractivity (Wildman–Crippen MR) is 171 cm³/mol. The number of morpholine rings is 1. The maximum absolute atomic E-state index is 13.5. The van der Waals surface area contributed by atoms with Crippen molar-refractivity contribution in [1.82, 2.24) is 14.5 Å². The predicted octanol–water partition coefficient (Wildman–Crippen LogP) is 5.30. The first-order valence-corrected chi connectivity index (χ1v) is 14.8. The Morgan fingerprint density at radius 2 is 1.88 bits per heavy atom. The molecule has 2 heterocycles. The van der Waals surface area contributed by atoms with Gasteiger partial charge in [0.15, 0.2) is 0 Å². The van der Waals surface area contributed by atoms with E-state index in [0.29, 0.717) is 36.0 Å². The van der Waals surface area contributed by atoms with Crippen LogP contribution in [-0.2, 0) is 16.1 Å². The molecule has 1 saturated heterocycles. The van der Waals surface area contributed by atoms with Gasteiger partial charge in [-0.3, -0.25) is 14.3 Å². The molecular weight excluding hydrogens is 540 g/mol. The zero-order valence-corrected chi connectivity index (χ0v) is 24.8. The van der Waals surface area contributed by atoms with E-state index in [-0.39, 0.29) is 18.2 Å². The summed E-state index contributed by atoms with van der Waals surface area (Å²) >= 11 is 0. The normalized spacial score (nSPS) is 13.6. The van der Waals surface area contributed by atoms with Gasteiger partial charge in [0.05, 0.1) is 31.0 Å². The van der Waals surface area contributed by atoms with Crippen molar-refractivity contribution >= 4 is 22.5 Å². The van der Waals surface area contributed by atoms with Crippen LogP contribution in [0, 0.1) is 12.3 Å². The van der Waals surface area contributed by atoms with Crippen molar-refractivity contribution in [2.24, 2.45) is 0 Å². The van der Waals surface area contributed by atoms with Gasteiger partial charge in [-0.15, -0.1) is 6.42 Å². The molecule has 1 aliphatic heterocycles. The summed E-state index contributed by atoms with van der Waals surface area (Å²) in [4.78, 5) is 33.0. The van der Waals surface area contributed by atoms with E-state index in [2.05, 4.69) is 47.1 Å². The third kappa shape index (κ3) is 7.69. The van der Waals surface area contributed by atoms with E-state index in [9.17, 15) is 9.59 Å². The molecule has 8 heteroatoms. The molecule has 1 amide bonds. The summed E-state index contributed by atoms with van der Waals surface area (Å²) in [5, 5.41) is 3.80. The summed E-state index contributed by atoms with van der Waals surface area (Å²) in [7, 11) is 0. The second kappa shape index (κ2) is 14.1. The zero-order chi connectivity index (χ0) is 30.2. The Morgan fingerprint density at radius 1 is 1.09 bits per heavy atom. The number of ether oxygens (including phenoxy) is 2. The molecular formula is C35H38N4O4. The molecule has 5 rings (SSSR count). The SMILES string of the molecule is C#CCOc1ccc2c(c1)c(-c1ccc(C(C)C)cc1)nc(=O)n2Cc1cccc(NC(=O)CCCN2CCOCC2)c1. The number of rotatable bonds is 11. The monoisotopic (exact) mass is 578 g/mol. The zero-order valence-electron chi connectivity index (χ0n) is 24.8. The number of fused-ring (bicyclic) bond motifs is 1. The lowest BCUT2D eigenvalue weighted by Gasteiger charge is -2.26. The van der Waals surface area contributed by atoms with Crippen LogP contribution < -0.4 is 15.7 Å². The number of anilines is 1. The Hall–Kier alpha value is -4.45. The van der Waals surface area contributed by atoms with Crippen molar-refractivity contribution in [2.45, 2.75) is 39.2 Å². The molecule has 1 aromatic heterocycles. The highest BCUT2D eigenvalue weighted by molar-refractivity contribution is 5.93. The fraction of sp³-hybridized carbons (Fsp3) is 0.343. The van der Waals surface area contributed by atoms with Crippen LogP contribution in [0.3, 0.4) is 0 Å². The van der Waals surface area contributed by atoms with Gasteiger partial charge in [0.2, 0.25) is 5.91 Å². The molecule has 0 aliphatic carbocycles. The standard InChI is InChI=1S/C35H38N4O4/c1-4-19-43-30-14-15-32-31(23-30)34(28-12-10-27(11-13-28)25(2)3)37-35(41)39(32)24-26-7-5-8-29(22-26)36-33(40)9-6-16-38-17-20-42-21-18-38/h1,5,7-8,10-15,22-23,25H,6,9,16-21,24H2,2-3H3,(H,36,40). The number of aromatic nitrogens is 2. The minimum atomic E-state index is -0.356. The minimum Gasteiger partial charge on any atom is -0.481 e. The summed E-state index contributed by atoms with van der Waals surface area (Å²) in [6, 6.07) is 21.3. The summed E-state index contributed by atoms with van der Waals surface area (Å²) in [5.41, 5.74) is 4.60. The van der Waals surface area contributed by atoms with Crippen molar-refractivity contribution < 1.29 is 14.3 Å². The molecule has 0 atom stereocenters. The molecule has 1 aliphatic rings. The van der Waals surface area contributed by atoms with E-state index in [1.165, 1.54) is 5.56 Å². The smallest absolute Gasteiger partial charge is 0.348 e. The van der Waals surface area contributed by atoms with E-state index in [1.54, 1.807) is 4.57 Å². The number of nitrogens with zero attached hydrogens (tertiary/aromatic N) is 3. The maximum Gasteiger partial charge on any atom is 0.348 e. The van der Waals surface area contributed by atoms with Gasteiger partial charge in [-0.1, -0.05) is 56.2 Å². The molecule has 43 heavy (non-hydrogen) atoms. The molecule has 0 radical (unpaired) electrons. The van der Waals surface area contributed by atoms with Crippen molar-refractivity contribution in [3.05, 3.63) is 88.3 Å². The first-order valence-electron chi connectivity index (χ1n) is 14.8. The van der Waals surface area contributed by atoms with E-state index in [0.717, 1.165) is 61.3 Å². The van der Waals surface area contributed by atoms with Crippen LogP contribution in [0.1, 0.15) is 43.7 Å². The van der Waals surface area contributed by atoms with Gasteiger partial charge in [0.25, 0.3) is 0 Å². The Bertz CT molecular complexity index is 1660. The van der Waals surface area contributed by atoms with E-state index in [1.807, 2.05) is 54.6 Å². The van der Waals surface area contributed by atoms with Crippen LogP contribution in [-0.4, -0.2) is 59.8 Å². The number of terminal acetylenes is 1. The lowest BCUT2D eigenvalue weighted by atomic mass is 9.99. The Morgan fingerprint density at radius 3 is 2.63 bits per heavy atom. The van der Waals surface area contributed by atoms with Crippen LogP contribution in [0.25, 0.3) is 22.2 Å². The van der Waals surface area contributed by atoms with Crippen molar-refractivity contribution in [2.75, 3.05) is 44.8 Å². The quantitative estimate of drug-likeness (QED) is 0.243. The average Bonchev–Trinajstić information content (AvgIpc) is 3.02. The third-order valence-corrected chi connectivity index (χ3v) is 7.66. The van der Waals surface area contributed by atoms with Crippen molar-refractivity contribution in [3.8, 4) is 29.4 Å². The van der Waals surface area contributed by atoms with Gasteiger partial charge in [-0.25, -0.2) is 4.79 Å². The topological polar surface area (TPSA) is 85.7 Å². The third-order valence-electron chi connectivity index (χ3n) is 7.66. The van der Waals surface area contributed by atoms with Crippen LogP contribution in [0.5, 0.6) is 5.75 Å². The molecule has 1 N–H and O–H groups in total. The number of carbonyl (C=O) groups is 1. The molecule has 0 saturated carbocycles. The van der Waals surface area contributed by atoms with Crippen LogP contribution in [0.15, 0.2) is 71.5 Å². The number of hydrogen-bond donors (Lipinski definition) is 1. The van der Waals surface area contributed by atoms with Gasteiger partial charge < -0.3 is 14.8 Å². The van der Waals surface area contributed by atoms with Crippen LogP contribution in [0.4, 0.5) is 5.69 Å². The Balaban J connectivity index is 1.38. The molecule has 3 aromatic carbocycles. The average molecular weight is 579 g/mol. The van der Waals surface area contributed by atoms with E-state index < -0.39 is 0 Å². The summed E-state index contributed by atoms with van der Waals surface area (Å²) in [6.07, 6.45) is 6.64. The largest absolute Gasteiger partial charge is 0.481 e. The van der Waals surface area contributed by atoms with Crippen LogP contribution >= 0.6 is 0 Å². The van der Waals surface area contributed by atoms with E-state index >= 15 is 0 Å². The highest BCUT2D eigenvalue weighted by Gasteiger charge is 2.15. The minimum absolute atomic E-state index is 0.0259. The second-order valence-electron chi connectivity index (χ2n) is 11.1. The molecule has 4 aromatic rings. The number of carbonyl (C=O) groups excluding carboxylic acids is 1. The number of hydrogen-bond acceptors (Lipinski definition) is 6. The van der Waals surface area contributed by atoms with Crippen LogP contribution in [0.2, 0.25) is 0 Å². The number of benzene rings is 3. The fourth-order valence-electron chi connectivity index (χ4n) is 5.31. The summed E-state index contributed by atoms with van der Waals surface area (Å²) in [6.45, 7) is 8.94. The summed E-state index contributed by atoms with van der Waals surface area (Å²) in [5.74, 6) is 3.47. The van der Waals surface area contributed by atoms with Gasteiger partial charge in [-0.05, 0) is 60.3 Å². The molecule has 222 valence electrons. The van der Waals surface area contributed by atoms with Gasteiger partial charge in [-0.2, -0.15) is 4.98 Å².